The summed E-state index contributed by atoms with van der Waals surface area (Å²) in [7, 11) is 2.24. The van der Waals surface area contributed by atoms with Crippen molar-refractivity contribution >= 4 is 0 Å². The Balaban J connectivity index is 2.16. The Bertz CT molecular complexity index is 306. The van der Waals surface area contributed by atoms with Crippen LogP contribution in [0.15, 0.2) is 30.3 Å². The molecule has 0 bridgehead atoms. The van der Waals surface area contributed by atoms with Gasteiger partial charge in [0.05, 0.1) is 0 Å². The first kappa shape index (κ1) is 10.7. The highest BCUT2D eigenvalue weighted by atomic mass is 15.1. The summed E-state index contributed by atoms with van der Waals surface area (Å²) < 4.78 is 0. The van der Waals surface area contributed by atoms with Gasteiger partial charge in [-0.1, -0.05) is 37.3 Å². The molecule has 1 heteroatoms. The molecule has 1 aliphatic rings. The monoisotopic (exact) mass is 203 g/mol. The summed E-state index contributed by atoms with van der Waals surface area (Å²) in [5, 5.41) is 0. The van der Waals surface area contributed by atoms with E-state index in [4.69, 9.17) is 0 Å². The van der Waals surface area contributed by atoms with E-state index in [1.54, 1.807) is 0 Å². The van der Waals surface area contributed by atoms with Crippen LogP contribution < -0.4 is 0 Å². The SMILES string of the molecule is CC1CN(C)C(C)CC1c1ccccc1. The molecule has 1 aliphatic heterocycles. The Morgan fingerprint density at radius 2 is 1.80 bits per heavy atom. The molecule has 0 N–H and O–H groups in total. The number of likely N-dealkylation sites (tertiary alicyclic amines) is 1. The highest BCUT2D eigenvalue weighted by molar-refractivity contribution is 5.21. The molecule has 15 heavy (non-hydrogen) atoms. The first-order valence-corrected chi connectivity index (χ1v) is 5.93. The third-order valence-electron chi connectivity index (χ3n) is 3.84. The summed E-state index contributed by atoms with van der Waals surface area (Å²) in [6.45, 7) is 5.93. The highest BCUT2D eigenvalue weighted by Gasteiger charge is 2.29. The van der Waals surface area contributed by atoms with Crippen LogP contribution in [-0.4, -0.2) is 24.5 Å². The lowest BCUT2D eigenvalue weighted by Crippen LogP contribution is -2.41. The first-order chi connectivity index (χ1) is 7.18. The predicted molar refractivity (Wildman–Crippen MR) is 65.1 cm³/mol. The van der Waals surface area contributed by atoms with Crippen molar-refractivity contribution in [3.63, 3.8) is 0 Å². The second-order valence-electron chi connectivity index (χ2n) is 5.02. The quantitative estimate of drug-likeness (QED) is 0.678. The second-order valence-corrected chi connectivity index (χ2v) is 5.02. The fourth-order valence-electron chi connectivity index (χ4n) is 2.71. The maximum Gasteiger partial charge on any atom is 0.00699 e. The molecule has 1 saturated heterocycles. The third-order valence-corrected chi connectivity index (χ3v) is 3.84. The number of hydrogen-bond acceptors (Lipinski definition) is 1. The molecule has 1 aromatic rings. The molecule has 0 spiro atoms. The lowest BCUT2D eigenvalue weighted by molar-refractivity contribution is 0.136. The minimum Gasteiger partial charge on any atom is -0.303 e. The van der Waals surface area contributed by atoms with E-state index < -0.39 is 0 Å². The van der Waals surface area contributed by atoms with E-state index in [0.29, 0.717) is 6.04 Å². The molecule has 3 unspecified atom stereocenters. The summed E-state index contributed by atoms with van der Waals surface area (Å²) in [4.78, 5) is 2.48. The van der Waals surface area contributed by atoms with Crippen LogP contribution >= 0.6 is 0 Å². The zero-order valence-corrected chi connectivity index (χ0v) is 9.98. The standard InChI is InChI=1S/C14H21N/c1-11-10-15(3)12(2)9-14(11)13-7-5-4-6-8-13/h4-8,11-12,14H,9-10H2,1-3H3. The second kappa shape index (κ2) is 4.36. The Kier molecular flexibility index (Phi) is 3.11. The van der Waals surface area contributed by atoms with Gasteiger partial charge in [-0.15, -0.1) is 0 Å². The van der Waals surface area contributed by atoms with Crippen LogP contribution in [0.1, 0.15) is 31.7 Å². The topological polar surface area (TPSA) is 3.24 Å². The van der Waals surface area contributed by atoms with Crippen molar-refractivity contribution < 1.29 is 0 Å². The maximum atomic E-state index is 2.48. The lowest BCUT2D eigenvalue weighted by atomic mass is 9.79. The Hall–Kier alpha value is -0.820. The normalized spacial score (nSPS) is 32.9. The van der Waals surface area contributed by atoms with Gasteiger partial charge in [-0.3, -0.25) is 0 Å². The molecule has 1 aromatic carbocycles. The number of hydrogen-bond donors (Lipinski definition) is 0. The highest BCUT2D eigenvalue weighted by Crippen LogP contribution is 2.34. The molecule has 1 heterocycles. The summed E-state index contributed by atoms with van der Waals surface area (Å²) in [5.41, 5.74) is 1.52. The van der Waals surface area contributed by atoms with Crippen molar-refractivity contribution in [2.45, 2.75) is 32.2 Å². The van der Waals surface area contributed by atoms with E-state index in [9.17, 15) is 0 Å². The van der Waals surface area contributed by atoms with Crippen LogP contribution in [0.5, 0.6) is 0 Å². The van der Waals surface area contributed by atoms with Crippen LogP contribution in [0.25, 0.3) is 0 Å². The van der Waals surface area contributed by atoms with E-state index in [2.05, 4.69) is 56.1 Å². The Morgan fingerprint density at radius 3 is 2.47 bits per heavy atom. The van der Waals surface area contributed by atoms with Crippen LogP contribution in [0.4, 0.5) is 0 Å². The molecule has 3 atom stereocenters. The summed E-state index contributed by atoms with van der Waals surface area (Å²) in [6.07, 6.45) is 1.29. The number of piperidine rings is 1. The van der Waals surface area contributed by atoms with Gasteiger partial charge in [0.25, 0.3) is 0 Å². The molecular formula is C14H21N. The van der Waals surface area contributed by atoms with Gasteiger partial charge in [0.2, 0.25) is 0 Å². The molecule has 0 aliphatic carbocycles. The predicted octanol–water partition coefficient (Wildman–Crippen LogP) is 3.13. The molecule has 82 valence electrons. The molecule has 2 rings (SSSR count). The van der Waals surface area contributed by atoms with Crippen LogP contribution in [0, 0.1) is 5.92 Å². The van der Waals surface area contributed by atoms with E-state index in [1.807, 2.05) is 0 Å². The molecule has 1 fully saturated rings. The van der Waals surface area contributed by atoms with Gasteiger partial charge < -0.3 is 4.90 Å². The summed E-state index contributed by atoms with van der Waals surface area (Å²) in [5.74, 6) is 1.52. The summed E-state index contributed by atoms with van der Waals surface area (Å²) in [6, 6.07) is 11.7. The van der Waals surface area contributed by atoms with E-state index in [-0.39, 0.29) is 0 Å². The number of benzene rings is 1. The van der Waals surface area contributed by atoms with Gasteiger partial charge in [-0.2, -0.15) is 0 Å². The first-order valence-electron chi connectivity index (χ1n) is 5.93. The van der Waals surface area contributed by atoms with Gasteiger partial charge in [0.1, 0.15) is 0 Å². The largest absolute Gasteiger partial charge is 0.303 e. The van der Waals surface area contributed by atoms with Crippen molar-refractivity contribution in [3.05, 3.63) is 35.9 Å². The van der Waals surface area contributed by atoms with Gasteiger partial charge in [-0.25, -0.2) is 0 Å². The molecule has 1 nitrogen and oxygen atoms in total. The zero-order valence-electron chi connectivity index (χ0n) is 9.98. The zero-order chi connectivity index (χ0) is 10.8. The average Bonchev–Trinajstić information content (AvgIpc) is 2.25. The van der Waals surface area contributed by atoms with Gasteiger partial charge in [0.15, 0.2) is 0 Å². The molecule has 0 saturated carbocycles. The van der Waals surface area contributed by atoms with Crippen molar-refractivity contribution in [1.29, 1.82) is 0 Å². The van der Waals surface area contributed by atoms with Crippen molar-refractivity contribution in [2.24, 2.45) is 5.92 Å². The minimum absolute atomic E-state index is 0.714. The molecule has 0 aromatic heterocycles. The average molecular weight is 203 g/mol. The smallest absolute Gasteiger partial charge is 0.00699 e. The van der Waals surface area contributed by atoms with Crippen molar-refractivity contribution in [2.75, 3.05) is 13.6 Å². The maximum absolute atomic E-state index is 2.48. The third kappa shape index (κ3) is 2.23. The number of rotatable bonds is 1. The van der Waals surface area contributed by atoms with Crippen molar-refractivity contribution in [3.8, 4) is 0 Å². The Labute approximate surface area is 93.1 Å². The molecular weight excluding hydrogens is 182 g/mol. The van der Waals surface area contributed by atoms with E-state index >= 15 is 0 Å². The van der Waals surface area contributed by atoms with Gasteiger partial charge in [0, 0.05) is 12.6 Å². The van der Waals surface area contributed by atoms with Crippen LogP contribution in [0.3, 0.4) is 0 Å². The van der Waals surface area contributed by atoms with Gasteiger partial charge in [-0.05, 0) is 37.8 Å². The van der Waals surface area contributed by atoms with Crippen LogP contribution in [0.2, 0.25) is 0 Å². The van der Waals surface area contributed by atoms with Gasteiger partial charge >= 0.3 is 0 Å². The van der Waals surface area contributed by atoms with E-state index in [0.717, 1.165) is 11.8 Å². The van der Waals surface area contributed by atoms with Crippen LogP contribution in [-0.2, 0) is 0 Å². The Morgan fingerprint density at radius 1 is 1.13 bits per heavy atom. The number of nitrogens with zero attached hydrogens (tertiary/aromatic N) is 1. The molecule has 0 radical (unpaired) electrons. The van der Waals surface area contributed by atoms with Crippen molar-refractivity contribution in [1.82, 2.24) is 4.90 Å². The molecule has 0 amide bonds. The lowest BCUT2D eigenvalue weighted by Gasteiger charge is -2.40. The summed E-state index contributed by atoms with van der Waals surface area (Å²) >= 11 is 0. The minimum atomic E-state index is 0.714. The fourth-order valence-corrected chi connectivity index (χ4v) is 2.71. The van der Waals surface area contributed by atoms with E-state index in [1.165, 1.54) is 18.5 Å². The fraction of sp³-hybridized carbons (Fsp3) is 0.571.